The van der Waals surface area contributed by atoms with E-state index < -0.39 is 29.8 Å². The minimum atomic E-state index is -2.93. The number of carbonyl (C=O) groups excluding carboxylic acids is 1. The van der Waals surface area contributed by atoms with Crippen molar-refractivity contribution in [2.45, 2.75) is 25.0 Å². The van der Waals surface area contributed by atoms with Gasteiger partial charge in [-0.25, -0.2) is 18.2 Å². The topological polar surface area (TPSA) is 113 Å². The Bertz CT molecular complexity index is 1000. The smallest absolute Gasteiger partial charge is 0.274 e. The molecule has 0 saturated heterocycles. The first-order valence-electron chi connectivity index (χ1n) is 8.46. The predicted octanol–water partition coefficient (Wildman–Crippen LogP) is 2.58. The molecule has 2 aromatic rings. The van der Waals surface area contributed by atoms with Crippen LogP contribution in [0.3, 0.4) is 0 Å². The van der Waals surface area contributed by atoms with Gasteiger partial charge >= 0.3 is 0 Å². The molecule has 2 heterocycles. The van der Waals surface area contributed by atoms with Crippen LogP contribution >= 0.6 is 0 Å². The van der Waals surface area contributed by atoms with Crippen molar-refractivity contribution in [1.29, 1.82) is 5.26 Å². The zero-order valence-electron chi connectivity index (χ0n) is 15.2. The van der Waals surface area contributed by atoms with Gasteiger partial charge in [-0.3, -0.25) is 9.79 Å². The number of halogens is 3. The number of pyridine rings is 1. The summed E-state index contributed by atoms with van der Waals surface area (Å²) in [5.41, 5.74) is 4.10. The number of anilines is 1. The summed E-state index contributed by atoms with van der Waals surface area (Å²) in [6, 6.07) is 8.17. The summed E-state index contributed by atoms with van der Waals surface area (Å²) >= 11 is 0. The summed E-state index contributed by atoms with van der Waals surface area (Å²) in [5.74, 6) is -1.46. The summed E-state index contributed by atoms with van der Waals surface area (Å²) in [6.07, 6.45) is -3.41. The van der Waals surface area contributed by atoms with Crippen LogP contribution in [0.2, 0.25) is 0 Å². The minimum Gasteiger partial charge on any atom is -0.386 e. The molecule has 2 unspecified atom stereocenters. The van der Waals surface area contributed by atoms with Crippen molar-refractivity contribution in [2.24, 2.45) is 10.7 Å². The van der Waals surface area contributed by atoms with E-state index in [4.69, 9.17) is 15.7 Å². The molecule has 1 amide bonds. The number of hydrogen-bond acceptors (Lipinski definition) is 6. The lowest BCUT2D eigenvalue weighted by molar-refractivity contribution is -0.0883. The van der Waals surface area contributed by atoms with Gasteiger partial charge in [-0.15, -0.1) is 0 Å². The summed E-state index contributed by atoms with van der Waals surface area (Å²) in [5, 5.41) is 11.3. The standard InChI is InChI=1S/C19H16F3N5O2/c1-19(16(17(21)22)29-9-15(24)27-19)12-6-11(3-4-13(12)20)26-18(28)14-5-2-10(7-23)8-25-14/h2-6,8,16-17H,9H2,1H3,(H2,24,27)(H,26,28). The molecule has 0 radical (unpaired) electrons. The van der Waals surface area contributed by atoms with Gasteiger partial charge in [0.15, 0.2) is 0 Å². The minimum absolute atomic E-state index is 0.0230. The Kier molecular flexibility index (Phi) is 5.52. The van der Waals surface area contributed by atoms with Gasteiger partial charge in [0.25, 0.3) is 12.3 Å². The number of aliphatic imine (C=N–C) groups is 1. The van der Waals surface area contributed by atoms with Crippen molar-refractivity contribution in [3.8, 4) is 6.07 Å². The first kappa shape index (κ1) is 20.3. The monoisotopic (exact) mass is 403 g/mol. The van der Waals surface area contributed by atoms with Gasteiger partial charge in [-0.2, -0.15) is 5.26 Å². The normalized spacial score (nSPS) is 21.4. The van der Waals surface area contributed by atoms with Crippen molar-refractivity contribution >= 4 is 17.4 Å². The number of amides is 1. The predicted molar refractivity (Wildman–Crippen MR) is 98.0 cm³/mol. The maximum Gasteiger partial charge on any atom is 0.274 e. The Hall–Kier alpha value is -3.45. The first-order valence-corrected chi connectivity index (χ1v) is 8.46. The van der Waals surface area contributed by atoms with Gasteiger partial charge in [0, 0.05) is 17.4 Å². The number of nitrogens with zero attached hydrogens (tertiary/aromatic N) is 3. The Labute approximate surface area is 164 Å². The van der Waals surface area contributed by atoms with Crippen molar-refractivity contribution in [3.05, 3.63) is 59.2 Å². The van der Waals surface area contributed by atoms with Gasteiger partial charge in [-0.1, -0.05) is 0 Å². The molecule has 3 N–H and O–H groups in total. The van der Waals surface area contributed by atoms with Crippen molar-refractivity contribution in [1.82, 2.24) is 4.98 Å². The molecule has 0 bridgehead atoms. The molecular weight excluding hydrogens is 387 g/mol. The third-order valence-electron chi connectivity index (χ3n) is 4.46. The maximum atomic E-state index is 14.5. The lowest BCUT2D eigenvalue weighted by atomic mass is 9.85. The summed E-state index contributed by atoms with van der Waals surface area (Å²) in [7, 11) is 0. The van der Waals surface area contributed by atoms with E-state index in [0.717, 1.165) is 6.07 Å². The first-order chi connectivity index (χ1) is 13.7. The second-order valence-corrected chi connectivity index (χ2v) is 6.51. The van der Waals surface area contributed by atoms with E-state index in [1.165, 1.54) is 37.4 Å². The molecule has 0 fully saturated rings. The van der Waals surface area contributed by atoms with E-state index in [1.807, 2.05) is 6.07 Å². The molecule has 2 atom stereocenters. The fraction of sp³-hybridized carbons (Fsp3) is 0.263. The maximum absolute atomic E-state index is 14.5. The number of amidine groups is 1. The fourth-order valence-corrected chi connectivity index (χ4v) is 3.04. The number of hydrogen-bond donors (Lipinski definition) is 2. The lowest BCUT2D eigenvalue weighted by Crippen LogP contribution is -2.49. The van der Waals surface area contributed by atoms with Crippen LogP contribution in [0.1, 0.15) is 28.5 Å². The number of aromatic nitrogens is 1. The van der Waals surface area contributed by atoms with E-state index >= 15 is 0 Å². The Balaban J connectivity index is 1.94. The molecule has 0 saturated carbocycles. The number of carbonyl (C=O) groups is 1. The molecule has 10 heteroatoms. The molecule has 0 aliphatic carbocycles. The van der Waals surface area contributed by atoms with Gasteiger partial charge in [0.2, 0.25) is 0 Å². The molecule has 1 aromatic heterocycles. The van der Waals surface area contributed by atoms with Gasteiger partial charge in [-0.05, 0) is 37.3 Å². The molecule has 1 aromatic carbocycles. The number of rotatable bonds is 4. The van der Waals surface area contributed by atoms with E-state index in [-0.39, 0.29) is 35.0 Å². The highest BCUT2D eigenvalue weighted by Gasteiger charge is 2.46. The third kappa shape index (κ3) is 4.05. The van der Waals surface area contributed by atoms with E-state index in [0.29, 0.717) is 0 Å². The molecule has 29 heavy (non-hydrogen) atoms. The Morgan fingerprint density at radius 2 is 2.17 bits per heavy atom. The van der Waals surface area contributed by atoms with Crippen LogP contribution in [-0.4, -0.2) is 35.9 Å². The largest absolute Gasteiger partial charge is 0.386 e. The second kappa shape index (κ2) is 7.89. The Morgan fingerprint density at radius 3 is 2.79 bits per heavy atom. The van der Waals surface area contributed by atoms with Gasteiger partial charge in [0.05, 0.1) is 5.56 Å². The highest BCUT2D eigenvalue weighted by molar-refractivity contribution is 6.02. The zero-order chi connectivity index (χ0) is 21.2. The summed E-state index contributed by atoms with van der Waals surface area (Å²) in [6.45, 7) is 1.01. The number of nitrogens with one attached hydrogen (secondary N) is 1. The van der Waals surface area contributed by atoms with Crippen LogP contribution in [0.15, 0.2) is 41.5 Å². The average Bonchev–Trinajstić information content (AvgIpc) is 2.69. The SMILES string of the molecule is CC1(c2cc(NC(=O)c3ccc(C#N)cn3)ccc2F)N=C(N)COC1C(F)F. The highest BCUT2D eigenvalue weighted by Crippen LogP contribution is 2.39. The molecule has 0 spiro atoms. The third-order valence-corrected chi connectivity index (χ3v) is 4.46. The number of ether oxygens (including phenoxy) is 1. The molecular formula is C19H16F3N5O2. The average molecular weight is 403 g/mol. The molecule has 3 rings (SSSR count). The molecule has 1 aliphatic heterocycles. The fourth-order valence-electron chi connectivity index (χ4n) is 3.04. The van der Waals surface area contributed by atoms with Crippen LogP contribution in [0.5, 0.6) is 0 Å². The van der Waals surface area contributed by atoms with Crippen molar-refractivity contribution in [3.63, 3.8) is 0 Å². The van der Waals surface area contributed by atoms with E-state index in [9.17, 15) is 18.0 Å². The van der Waals surface area contributed by atoms with E-state index in [1.54, 1.807) is 0 Å². The van der Waals surface area contributed by atoms with E-state index in [2.05, 4.69) is 15.3 Å². The molecule has 7 nitrogen and oxygen atoms in total. The number of benzene rings is 1. The van der Waals surface area contributed by atoms with Gasteiger partial charge < -0.3 is 15.8 Å². The number of nitrogens with two attached hydrogens (primary N) is 1. The highest BCUT2D eigenvalue weighted by atomic mass is 19.3. The van der Waals surface area contributed by atoms with Gasteiger partial charge in [0.1, 0.15) is 41.7 Å². The summed E-state index contributed by atoms with van der Waals surface area (Å²) in [4.78, 5) is 20.3. The molecule has 1 aliphatic rings. The van der Waals surface area contributed by atoms with Crippen LogP contribution in [-0.2, 0) is 10.3 Å². The van der Waals surface area contributed by atoms with Crippen LogP contribution in [0, 0.1) is 17.1 Å². The van der Waals surface area contributed by atoms with Crippen molar-refractivity contribution in [2.75, 3.05) is 11.9 Å². The van der Waals surface area contributed by atoms with Crippen LogP contribution in [0.4, 0.5) is 18.9 Å². The van der Waals surface area contributed by atoms with Crippen molar-refractivity contribution < 1.29 is 22.7 Å². The molecule has 150 valence electrons. The quantitative estimate of drug-likeness (QED) is 0.815. The number of alkyl halides is 2. The summed E-state index contributed by atoms with van der Waals surface area (Å²) < 4.78 is 46.6. The zero-order valence-corrected chi connectivity index (χ0v) is 15.2. The van der Waals surface area contributed by atoms with Crippen LogP contribution in [0.25, 0.3) is 0 Å². The lowest BCUT2D eigenvalue weighted by Gasteiger charge is -2.37. The number of nitriles is 1. The Morgan fingerprint density at radius 1 is 1.41 bits per heavy atom. The van der Waals surface area contributed by atoms with Crippen LogP contribution < -0.4 is 11.1 Å². The second-order valence-electron chi connectivity index (χ2n) is 6.51.